The Morgan fingerprint density at radius 3 is 2.27 bits per heavy atom. The van der Waals surface area contributed by atoms with Crippen molar-refractivity contribution in [3.63, 3.8) is 0 Å². The minimum Gasteiger partial charge on any atom is -0.353 e. The van der Waals surface area contributed by atoms with Crippen LogP contribution >= 0.6 is 0 Å². The zero-order valence-electron chi connectivity index (χ0n) is 20.9. The Hall–Kier alpha value is -3.68. The standard InChI is InChI=1S/C30H30N2O4S/c1-22-14-16-24(17-15-22)37(34,35)36-21-27-25-11-6-7-12-26(25)30(33)32(20-18-23-9-4-3-5-10-23)29(27)28-13-8-19-31(28)2/h3-17,19,27,29H,18,20-21H2,1-2H3/t27-,29-/m0/s1. The summed E-state index contributed by atoms with van der Waals surface area (Å²) in [6, 6.07) is 27.7. The molecule has 1 aromatic heterocycles. The fourth-order valence-corrected chi connectivity index (χ4v) is 6.01. The monoisotopic (exact) mass is 514 g/mol. The minimum atomic E-state index is -3.98. The van der Waals surface area contributed by atoms with Crippen molar-refractivity contribution in [1.82, 2.24) is 9.47 Å². The van der Waals surface area contributed by atoms with Crippen molar-refractivity contribution >= 4 is 16.0 Å². The third kappa shape index (κ3) is 5.10. The van der Waals surface area contributed by atoms with Gasteiger partial charge in [-0.3, -0.25) is 8.98 Å². The second-order valence-corrected chi connectivity index (χ2v) is 11.1. The van der Waals surface area contributed by atoms with Crippen LogP contribution in [0, 0.1) is 6.92 Å². The lowest BCUT2D eigenvalue weighted by Gasteiger charge is -2.42. The lowest BCUT2D eigenvalue weighted by atomic mass is 9.81. The molecule has 0 N–H and O–H groups in total. The van der Waals surface area contributed by atoms with Crippen LogP contribution in [0.1, 0.15) is 44.7 Å². The first-order valence-corrected chi connectivity index (χ1v) is 13.8. The number of hydrogen-bond donors (Lipinski definition) is 0. The lowest BCUT2D eigenvalue weighted by Crippen LogP contribution is -2.45. The van der Waals surface area contributed by atoms with Crippen LogP contribution in [-0.4, -0.2) is 36.9 Å². The van der Waals surface area contributed by atoms with Crippen molar-refractivity contribution < 1.29 is 17.4 Å². The van der Waals surface area contributed by atoms with E-state index in [-0.39, 0.29) is 29.4 Å². The summed E-state index contributed by atoms with van der Waals surface area (Å²) in [7, 11) is -2.04. The fourth-order valence-electron chi connectivity index (χ4n) is 5.08. The Kier molecular flexibility index (Phi) is 7.00. The molecule has 0 fully saturated rings. The van der Waals surface area contributed by atoms with Gasteiger partial charge >= 0.3 is 0 Å². The van der Waals surface area contributed by atoms with E-state index in [1.54, 1.807) is 24.3 Å². The zero-order valence-corrected chi connectivity index (χ0v) is 21.8. The molecule has 1 aliphatic rings. The molecule has 0 unspecified atom stereocenters. The summed E-state index contributed by atoms with van der Waals surface area (Å²) in [4.78, 5) is 15.8. The summed E-state index contributed by atoms with van der Waals surface area (Å²) >= 11 is 0. The van der Waals surface area contributed by atoms with Gasteiger partial charge in [0.2, 0.25) is 0 Å². The first kappa shape index (κ1) is 25.0. The van der Waals surface area contributed by atoms with Crippen molar-refractivity contribution in [3.8, 4) is 0 Å². The second kappa shape index (κ2) is 10.4. The molecule has 5 rings (SSSR count). The number of nitrogens with zero attached hydrogens (tertiary/aromatic N) is 2. The number of aryl methyl sites for hydroxylation is 2. The Morgan fingerprint density at radius 2 is 1.57 bits per heavy atom. The van der Waals surface area contributed by atoms with Gasteiger partial charge in [-0.1, -0.05) is 66.2 Å². The van der Waals surface area contributed by atoms with E-state index in [1.807, 2.05) is 84.2 Å². The molecule has 3 aromatic carbocycles. The van der Waals surface area contributed by atoms with Crippen LogP contribution in [-0.2, 0) is 27.8 Å². The number of rotatable bonds is 8. The molecule has 37 heavy (non-hydrogen) atoms. The SMILES string of the molecule is Cc1ccc(S(=O)(=O)OC[C@H]2c3ccccc3C(=O)N(CCc3ccccc3)[C@@H]2c2cccn2C)cc1. The van der Waals surface area contributed by atoms with Crippen molar-refractivity contribution in [1.29, 1.82) is 0 Å². The second-order valence-electron chi connectivity index (χ2n) is 9.47. The maximum atomic E-state index is 13.8. The van der Waals surface area contributed by atoms with E-state index in [2.05, 4.69) is 12.1 Å². The van der Waals surface area contributed by atoms with Gasteiger partial charge in [0, 0.05) is 37.0 Å². The van der Waals surface area contributed by atoms with Crippen molar-refractivity contribution in [2.45, 2.75) is 30.2 Å². The smallest absolute Gasteiger partial charge is 0.296 e. The van der Waals surface area contributed by atoms with Gasteiger partial charge in [-0.25, -0.2) is 0 Å². The Labute approximate surface area is 218 Å². The van der Waals surface area contributed by atoms with Gasteiger partial charge in [-0.05, 0) is 54.8 Å². The topological polar surface area (TPSA) is 68.6 Å². The number of carbonyl (C=O) groups excluding carboxylic acids is 1. The third-order valence-electron chi connectivity index (χ3n) is 7.05. The van der Waals surface area contributed by atoms with Crippen molar-refractivity contribution in [2.75, 3.05) is 13.2 Å². The van der Waals surface area contributed by atoms with Crippen LogP contribution in [0.3, 0.4) is 0 Å². The first-order valence-electron chi connectivity index (χ1n) is 12.4. The third-order valence-corrected chi connectivity index (χ3v) is 8.35. The number of amides is 1. The highest BCUT2D eigenvalue weighted by Gasteiger charge is 2.42. The van der Waals surface area contributed by atoms with Gasteiger partial charge in [0.15, 0.2) is 0 Å². The van der Waals surface area contributed by atoms with Crippen molar-refractivity contribution in [3.05, 3.63) is 125 Å². The Bertz CT molecular complexity index is 1490. The van der Waals surface area contributed by atoms with E-state index < -0.39 is 10.1 Å². The molecule has 1 aliphatic heterocycles. The molecule has 7 heteroatoms. The molecule has 0 radical (unpaired) electrons. The highest BCUT2D eigenvalue weighted by Crippen LogP contribution is 2.43. The molecular weight excluding hydrogens is 484 g/mol. The van der Waals surface area contributed by atoms with E-state index in [0.29, 0.717) is 18.5 Å². The average molecular weight is 515 g/mol. The highest BCUT2D eigenvalue weighted by atomic mass is 32.2. The molecule has 0 bridgehead atoms. The molecule has 2 atom stereocenters. The van der Waals surface area contributed by atoms with Crippen LogP contribution < -0.4 is 0 Å². The summed E-state index contributed by atoms with van der Waals surface area (Å²) in [5, 5.41) is 0. The molecule has 0 saturated heterocycles. The van der Waals surface area contributed by atoms with Crippen molar-refractivity contribution in [2.24, 2.45) is 7.05 Å². The maximum Gasteiger partial charge on any atom is 0.296 e. The summed E-state index contributed by atoms with van der Waals surface area (Å²) < 4.78 is 33.9. The highest BCUT2D eigenvalue weighted by molar-refractivity contribution is 7.86. The van der Waals surface area contributed by atoms with Gasteiger partial charge in [0.1, 0.15) is 0 Å². The Morgan fingerprint density at radius 1 is 0.865 bits per heavy atom. The summed E-state index contributed by atoms with van der Waals surface area (Å²) in [5.74, 6) is -0.436. The van der Waals surface area contributed by atoms with Crippen LogP contribution in [0.5, 0.6) is 0 Å². The lowest BCUT2D eigenvalue weighted by molar-refractivity contribution is 0.0568. The Balaban J connectivity index is 1.53. The zero-order chi connectivity index (χ0) is 26.0. The summed E-state index contributed by atoms with van der Waals surface area (Å²) in [6.45, 7) is 2.31. The van der Waals surface area contributed by atoms with Gasteiger partial charge < -0.3 is 9.47 Å². The van der Waals surface area contributed by atoms with E-state index >= 15 is 0 Å². The summed E-state index contributed by atoms with van der Waals surface area (Å²) in [6.07, 6.45) is 2.63. The largest absolute Gasteiger partial charge is 0.353 e. The quantitative estimate of drug-likeness (QED) is 0.301. The molecule has 0 spiro atoms. The average Bonchev–Trinajstić information content (AvgIpc) is 3.33. The number of benzene rings is 3. The fraction of sp³-hybridized carbons (Fsp3) is 0.233. The van der Waals surface area contributed by atoms with Crippen LogP contribution in [0.25, 0.3) is 0 Å². The van der Waals surface area contributed by atoms with Gasteiger partial charge in [-0.2, -0.15) is 8.42 Å². The normalized spacial score (nSPS) is 17.6. The molecular formula is C30H30N2O4S. The van der Waals surface area contributed by atoms with E-state index in [1.165, 1.54) is 0 Å². The van der Waals surface area contributed by atoms with E-state index in [0.717, 1.165) is 22.4 Å². The predicted octanol–water partition coefficient (Wildman–Crippen LogP) is 5.26. The van der Waals surface area contributed by atoms with Crippen LogP contribution in [0.2, 0.25) is 0 Å². The van der Waals surface area contributed by atoms with Gasteiger partial charge in [0.25, 0.3) is 16.0 Å². The number of hydrogen-bond acceptors (Lipinski definition) is 4. The van der Waals surface area contributed by atoms with Crippen LogP contribution in [0.4, 0.5) is 0 Å². The predicted molar refractivity (Wildman–Crippen MR) is 143 cm³/mol. The molecule has 2 heterocycles. The molecule has 4 aromatic rings. The molecule has 1 amide bonds. The van der Waals surface area contributed by atoms with Gasteiger partial charge in [0.05, 0.1) is 17.5 Å². The summed E-state index contributed by atoms with van der Waals surface area (Å²) in [5.41, 5.74) is 4.42. The molecule has 6 nitrogen and oxygen atoms in total. The number of aromatic nitrogens is 1. The minimum absolute atomic E-state index is 0.0598. The maximum absolute atomic E-state index is 13.8. The van der Waals surface area contributed by atoms with Crippen LogP contribution in [0.15, 0.2) is 102 Å². The molecule has 0 aliphatic carbocycles. The first-order chi connectivity index (χ1) is 17.8. The molecule has 190 valence electrons. The number of fused-ring (bicyclic) bond motifs is 1. The van der Waals surface area contributed by atoms with Gasteiger partial charge in [-0.15, -0.1) is 0 Å². The number of carbonyl (C=O) groups is 1. The molecule has 0 saturated carbocycles. The van der Waals surface area contributed by atoms with E-state index in [4.69, 9.17) is 4.18 Å². The van der Waals surface area contributed by atoms with E-state index in [9.17, 15) is 13.2 Å².